The summed E-state index contributed by atoms with van der Waals surface area (Å²) in [6.45, 7) is 7.89. The first-order valence-electron chi connectivity index (χ1n) is 8.38. The van der Waals surface area contributed by atoms with Crippen LogP contribution in [0.15, 0.2) is 77.7 Å². The number of aryl methyl sites for hydroxylation is 1. The van der Waals surface area contributed by atoms with E-state index in [1.54, 1.807) is 17.8 Å². The van der Waals surface area contributed by atoms with Crippen molar-refractivity contribution in [2.45, 2.75) is 38.3 Å². The topological polar surface area (TPSA) is 47.6 Å². The minimum Gasteiger partial charge on any atom is -0.193 e. The molecule has 0 spiro atoms. The van der Waals surface area contributed by atoms with Gasteiger partial charge in [-0.05, 0) is 51.5 Å². The van der Waals surface area contributed by atoms with Gasteiger partial charge < -0.3 is 0 Å². The van der Waals surface area contributed by atoms with Gasteiger partial charge in [-0.2, -0.15) is 10.5 Å². The molecule has 26 heavy (non-hydrogen) atoms. The van der Waals surface area contributed by atoms with Gasteiger partial charge in [0, 0.05) is 16.7 Å². The minimum atomic E-state index is 0.770. The number of thioether (sulfide) groups is 1. The predicted octanol–water partition coefficient (Wildman–Crippen LogP) is 6.83. The molecule has 2 nitrogen and oxygen atoms in total. The van der Waals surface area contributed by atoms with Gasteiger partial charge in [0.2, 0.25) is 0 Å². The fourth-order valence-corrected chi connectivity index (χ4v) is 2.53. The molecule has 0 amide bonds. The first-order chi connectivity index (χ1) is 12.6. The van der Waals surface area contributed by atoms with Crippen LogP contribution in [-0.4, -0.2) is 0 Å². The van der Waals surface area contributed by atoms with Crippen molar-refractivity contribution in [2.24, 2.45) is 0 Å². The lowest BCUT2D eigenvalue weighted by molar-refractivity contribution is 1.33. The van der Waals surface area contributed by atoms with E-state index in [9.17, 15) is 0 Å². The van der Waals surface area contributed by atoms with Gasteiger partial charge >= 0.3 is 0 Å². The Kier molecular flexibility index (Phi) is 14.1. The van der Waals surface area contributed by atoms with Gasteiger partial charge in [0.05, 0.1) is 17.7 Å². The second kappa shape index (κ2) is 15.8. The monoisotopic (exact) mass is 362 g/mol. The van der Waals surface area contributed by atoms with Crippen LogP contribution in [0.1, 0.15) is 37.5 Å². The summed E-state index contributed by atoms with van der Waals surface area (Å²) in [6.07, 6.45) is 7.12. The fourth-order valence-electron chi connectivity index (χ4n) is 1.63. The van der Waals surface area contributed by atoms with E-state index in [4.69, 9.17) is 10.5 Å². The third kappa shape index (κ3) is 10.9. The van der Waals surface area contributed by atoms with Crippen LogP contribution in [0.4, 0.5) is 0 Å². The van der Waals surface area contributed by atoms with Crippen molar-refractivity contribution in [1.29, 1.82) is 10.5 Å². The molecule has 0 aliphatic rings. The molecule has 0 atom stereocenters. The van der Waals surface area contributed by atoms with Gasteiger partial charge in [-0.1, -0.05) is 54.1 Å². The van der Waals surface area contributed by atoms with Crippen LogP contribution in [0.25, 0.3) is 0 Å². The maximum absolute atomic E-state index is 8.99. The molecule has 0 heterocycles. The van der Waals surface area contributed by atoms with Gasteiger partial charge in [0.25, 0.3) is 0 Å². The summed E-state index contributed by atoms with van der Waals surface area (Å²) >= 11 is 1.76. The molecule has 134 valence electrons. The Bertz CT molecular complexity index is 756. The van der Waals surface area contributed by atoms with E-state index in [0.29, 0.717) is 0 Å². The van der Waals surface area contributed by atoms with Gasteiger partial charge in [-0.25, -0.2) is 0 Å². The number of hydrogen-bond donors (Lipinski definition) is 0. The molecule has 2 rings (SSSR count). The van der Waals surface area contributed by atoms with E-state index in [1.807, 2.05) is 63.3 Å². The van der Waals surface area contributed by atoms with Crippen LogP contribution >= 0.6 is 11.8 Å². The molecular weight excluding hydrogens is 336 g/mol. The van der Waals surface area contributed by atoms with Crippen molar-refractivity contribution in [1.82, 2.24) is 0 Å². The highest BCUT2D eigenvalue weighted by molar-refractivity contribution is 7.98. The average molecular weight is 363 g/mol. The van der Waals surface area contributed by atoms with Crippen LogP contribution in [0, 0.1) is 29.6 Å². The third-order valence-corrected chi connectivity index (χ3v) is 4.19. The Morgan fingerprint density at radius 1 is 0.885 bits per heavy atom. The Morgan fingerprint density at radius 3 is 1.96 bits per heavy atom. The third-order valence-electron chi connectivity index (χ3n) is 3.13. The molecule has 0 saturated carbocycles. The maximum Gasteiger partial charge on any atom is 0.0994 e. The summed E-state index contributed by atoms with van der Waals surface area (Å²) < 4.78 is 0. The molecule has 0 aliphatic carbocycles. The zero-order valence-corrected chi connectivity index (χ0v) is 16.8. The van der Waals surface area contributed by atoms with Crippen LogP contribution < -0.4 is 0 Å². The normalized spacial score (nSPS) is 9.46. The second-order valence-electron chi connectivity index (χ2n) is 5.17. The molecule has 0 unspecified atom stereocenters. The molecule has 0 aliphatic heterocycles. The summed E-state index contributed by atoms with van der Waals surface area (Å²) in [4.78, 5) is 1.24. The van der Waals surface area contributed by atoms with E-state index in [2.05, 4.69) is 37.3 Å². The number of hydrogen-bond acceptors (Lipinski definition) is 3. The van der Waals surface area contributed by atoms with E-state index in [-0.39, 0.29) is 0 Å². The molecule has 2 aromatic rings. The predicted molar refractivity (Wildman–Crippen MR) is 113 cm³/mol. The summed E-state index contributed by atoms with van der Waals surface area (Å²) in [5.41, 5.74) is 3.14. The number of rotatable bonds is 3. The van der Waals surface area contributed by atoms with Crippen molar-refractivity contribution in [3.8, 4) is 12.1 Å². The average Bonchev–Trinajstić information content (AvgIpc) is 2.69. The summed E-state index contributed by atoms with van der Waals surface area (Å²) in [6, 6.07) is 20.3. The highest BCUT2D eigenvalue weighted by Gasteiger charge is 2.01. The zero-order valence-electron chi connectivity index (χ0n) is 15.9. The molecule has 2 aromatic carbocycles. The minimum absolute atomic E-state index is 0.770. The highest BCUT2D eigenvalue weighted by atomic mass is 32.2. The van der Waals surface area contributed by atoms with E-state index in [0.717, 1.165) is 16.9 Å². The second-order valence-corrected chi connectivity index (χ2v) is 6.22. The molecule has 0 saturated heterocycles. The quantitative estimate of drug-likeness (QED) is 0.341. The van der Waals surface area contributed by atoms with Crippen LogP contribution in [0.3, 0.4) is 0 Å². The Labute approximate surface area is 162 Å². The molecule has 3 heteroatoms. The molecule has 0 fully saturated rings. The van der Waals surface area contributed by atoms with Crippen molar-refractivity contribution in [2.75, 3.05) is 0 Å². The van der Waals surface area contributed by atoms with Crippen molar-refractivity contribution < 1.29 is 0 Å². The lowest BCUT2D eigenvalue weighted by Gasteiger charge is -2.04. The number of nitriles is 2. The largest absolute Gasteiger partial charge is 0.193 e. The van der Waals surface area contributed by atoms with Gasteiger partial charge in [-0.3, -0.25) is 0 Å². The van der Waals surface area contributed by atoms with Gasteiger partial charge in [0.1, 0.15) is 0 Å². The lowest BCUT2D eigenvalue weighted by Crippen LogP contribution is -1.86. The first kappa shape index (κ1) is 23.2. The highest BCUT2D eigenvalue weighted by Crippen LogP contribution is 2.24. The van der Waals surface area contributed by atoms with E-state index < -0.39 is 0 Å². The smallest absolute Gasteiger partial charge is 0.0994 e. The van der Waals surface area contributed by atoms with Gasteiger partial charge in [-0.15, -0.1) is 11.8 Å². The number of allylic oxidation sites excluding steroid dienone is 4. The van der Waals surface area contributed by atoms with Gasteiger partial charge in [0.15, 0.2) is 0 Å². The standard InChI is InChI=1S/C15H13NS.C4H5N.C4H8/c1-12-6-8-15(9-7-12)17-11-14-5-3-2-4-13(14)10-16;1-2-3-4-5;1-3-4-2/h2-9H,11H2,1H3;2-3H,1H3;3-4H,1-2H3/b;3-2+;4-3+. The summed E-state index contributed by atoms with van der Waals surface area (Å²) in [5.74, 6) is 0.840. The van der Waals surface area contributed by atoms with Crippen LogP contribution in [-0.2, 0) is 5.75 Å². The fraction of sp³-hybridized carbons (Fsp3) is 0.217. The van der Waals surface area contributed by atoms with Crippen molar-refractivity contribution in [3.05, 3.63) is 89.5 Å². The SMILES string of the molecule is C/C=C/C.C/C=C/C#N.Cc1ccc(SCc2ccccc2C#N)cc1. The molecular formula is C23H26N2S. The lowest BCUT2D eigenvalue weighted by atomic mass is 10.1. The van der Waals surface area contributed by atoms with Crippen LogP contribution in [0.2, 0.25) is 0 Å². The molecule has 0 bridgehead atoms. The van der Waals surface area contributed by atoms with Crippen molar-refractivity contribution in [3.63, 3.8) is 0 Å². The summed E-state index contributed by atoms with van der Waals surface area (Å²) in [5, 5.41) is 16.7. The molecule has 0 aromatic heterocycles. The van der Waals surface area contributed by atoms with E-state index in [1.165, 1.54) is 16.5 Å². The molecule has 0 radical (unpaired) electrons. The Balaban J connectivity index is 0.000000582. The van der Waals surface area contributed by atoms with Crippen molar-refractivity contribution >= 4 is 11.8 Å². The van der Waals surface area contributed by atoms with Crippen LogP contribution in [0.5, 0.6) is 0 Å². The summed E-state index contributed by atoms with van der Waals surface area (Å²) in [7, 11) is 0. The zero-order chi connectivity index (χ0) is 19.6. The number of benzene rings is 2. The number of nitrogens with zero attached hydrogens (tertiary/aromatic N) is 2. The maximum atomic E-state index is 8.99. The Morgan fingerprint density at radius 2 is 1.50 bits per heavy atom. The van der Waals surface area contributed by atoms with E-state index >= 15 is 0 Å². The Hall–Kier alpha value is -2.75. The molecule has 0 N–H and O–H groups in total. The first-order valence-corrected chi connectivity index (χ1v) is 9.37.